The van der Waals surface area contributed by atoms with Crippen LogP contribution in [0.15, 0.2) is 36.5 Å². The minimum Gasteiger partial charge on any atom is -0.267 e. The van der Waals surface area contributed by atoms with Crippen LogP contribution in [-0.2, 0) is 6.54 Å². The molecule has 0 spiro atoms. The Labute approximate surface area is 101 Å². The summed E-state index contributed by atoms with van der Waals surface area (Å²) < 4.78 is 2.90. The molecule has 1 heterocycles. The molecule has 0 bridgehead atoms. The largest absolute Gasteiger partial charge is 0.267 e. The lowest BCUT2D eigenvalue weighted by Crippen LogP contribution is -2.00. The zero-order chi connectivity index (χ0) is 9.97. The maximum Gasteiger partial charge on any atom is 0.123 e. The summed E-state index contributed by atoms with van der Waals surface area (Å²) in [5.41, 5.74) is 1.16. The second kappa shape index (κ2) is 4.31. The van der Waals surface area contributed by atoms with Gasteiger partial charge in [0.1, 0.15) is 3.70 Å². The third-order valence-electron chi connectivity index (χ3n) is 1.84. The van der Waals surface area contributed by atoms with Gasteiger partial charge in [-0.25, -0.2) is 0 Å². The summed E-state index contributed by atoms with van der Waals surface area (Å²) >= 11 is 8.08. The van der Waals surface area contributed by atoms with Crippen LogP contribution in [0.2, 0.25) is 5.02 Å². The molecule has 0 saturated carbocycles. The fourth-order valence-electron chi connectivity index (χ4n) is 1.25. The number of benzene rings is 1. The molecule has 1 aromatic carbocycles. The Morgan fingerprint density at radius 3 is 2.86 bits per heavy atom. The van der Waals surface area contributed by atoms with E-state index in [9.17, 15) is 0 Å². The van der Waals surface area contributed by atoms with E-state index >= 15 is 0 Å². The molecule has 2 nitrogen and oxygen atoms in total. The molecule has 0 aliphatic rings. The fraction of sp³-hybridized carbons (Fsp3) is 0.100. The highest BCUT2D eigenvalue weighted by Gasteiger charge is 1.97. The number of hydrogen-bond donors (Lipinski definition) is 0. The lowest BCUT2D eigenvalue weighted by atomic mass is 10.2. The van der Waals surface area contributed by atoms with Crippen LogP contribution >= 0.6 is 34.2 Å². The van der Waals surface area contributed by atoms with Gasteiger partial charge >= 0.3 is 0 Å². The van der Waals surface area contributed by atoms with Crippen molar-refractivity contribution in [1.29, 1.82) is 0 Å². The van der Waals surface area contributed by atoms with Crippen LogP contribution in [0.3, 0.4) is 0 Å². The summed E-state index contributed by atoms with van der Waals surface area (Å²) in [7, 11) is 0. The maximum absolute atomic E-state index is 5.89. The van der Waals surface area contributed by atoms with E-state index in [4.69, 9.17) is 11.6 Å². The summed E-state index contributed by atoms with van der Waals surface area (Å²) in [5.74, 6) is 0. The number of hydrogen-bond acceptors (Lipinski definition) is 1. The maximum atomic E-state index is 5.89. The summed E-state index contributed by atoms with van der Waals surface area (Å²) in [4.78, 5) is 0. The highest BCUT2D eigenvalue weighted by molar-refractivity contribution is 14.1. The van der Waals surface area contributed by atoms with Crippen molar-refractivity contribution in [2.45, 2.75) is 6.54 Å². The molecule has 72 valence electrons. The molecule has 4 heteroatoms. The monoisotopic (exact) mass is 318 g/mol. The molecule has 0 amide bonds. The summed E-state index contributed by atoms with van der Waals surface area (Å²) in [5, 5.41) is 5.06. The second-order valence-corrected chi connectivity index (χ2v) is 4.51. The fourth-order valence-corrected chi connectivity index (χ4v) is 1.90. The predicted octanol–water partition coefficient (Wildman–Crippen LogP) is 3.19. The SMILES string of the molecule is Clc1cccc(Cn2ccc(I)n2)c1. The van der Waals surface area contributed by atoms with E-state index in [0.717, 1.165) is 20.8 Å². The van der Waals surface area contributed by atoms with Crippen LogP contribution in [0.25, 0.3) is 0 Å². The number of halogens is 2. The van der Waals surface area contributed by atoms with E-state index in [1.165, 1.54) is 0 Å². The van der Waals surface area contributed by atoms with Crippen molar-refractivity contribution in [2.24, 2.45) is 0 Å². The van der Waals surface area contributed by atoms with Gasteiger partial charge in [-0.05, 0) is 46.4 Å². The average Bonchev–Trinajstić information content (AvgIpc) is 2.51. The highest BCUT2D eigenvalue weighted by atomic mass is 127. The third-order valence-corrected chi connectivity index (χ3v) is 2.65. The molecule has 0 fully saturated rings. The highest BCUT2D eigenvalue weighted by Crippen LogP contribution is 2.11. The summed E-state index contributed by atoms with van der Waals surface area (Å²) in [6.45, 7) is 0.767. The molecule has 0 atom stereocenters. The first-order chi connectivity index (χ1) is 6.74. The Hall–Kier alpha value is -0.550. The lowest BCUT2D eigenvalue weighted by Gasteiger charge is -2.01. The van der Waals surface area contributed by atoms with Gasteiger partial charge in [-0.3, -0.25) is 4.68 Å². The molecule has 0 aliphatic heterocycles. The molecule has 0 radical (unpaired) electrons. The minimum atomic E-state index is 0.767. The van der Waals surface area contributed by atoms with Crippen molar-refractivity contribution >= 4 is 34.2 Å². The number of aromatic nitrogens is 2. The molecule has 2 rings (SSSR count). The quantitative estimate of drug-likeness (QED) is 0.778. The van der Waals surface area contributed by atoms with Gasteiger partial charge < -0.3 is 0 Å². The molecule has 0 aliphatic carbocycles. The minimum absolute atomic E-state index is 0.767. The van der Waals surface area contributed by atoms with Gasteiger partial charge in [-0.2, -0.15) is 5.10 Å². The Morgan fingerprint density at radius 2 is 2.21 bits per heavy atom. The smallest absolute Gasteiger partial charge is 0.123 e. The topological polar surface area (TPSA) is 17.8 Å². The van der Waals surface area contributed by atoms with Crippen LogP contribution in [0, 0.1) is 3.70 Å². The first kappa shape index (κ1) is 9.98. The van der Waals surface area contributed by atoms with Crippen LogP contribution in [0.1, 0.15) is 5.56 Å². The van der Waals surface area contributed by atoms with E-state index in [1.807, 2.05) is 41.2 Å². The van der Waals surface area contributed by atoms with Crippen molar-refractivity contribution in [3.8, 4) is 0 Å². The molecular formula is C10H8ClIN2. The summed E-state index contributed by atoms with van der Waals surface area (Å²) in [6.07, 6.45) is 1.96. The van der Waals surface area contributed by atoms with Crippen molar-refractivity contribution < 1.29 is 0 Å². The van der Waals surface area contributed by atoms with E-state index < -0.39 is 0 Å². The molecule has 14 heavy (non-hydrogen) atoms. The zero-order valence-electron chi connectivity index (χ0n) is 7.32. The first-order valence-corrected chi connectivity index (χ1v) is 5.63. The number of nitrogens with zero attached hydrogens (tertiary/aromatic N) is 2. The van der Waals surface area contributed by atoms with E-state index in [0.29, 0.717) is 0 Å². The van der Waals surface area contributed by atoms with Crippen LogP contribution in [-0.4, -0.2) is 9.78 Å². The Bertz CT molecular complexity index is 439. The van der Waals surface area contributed by atoms with E-state index in [2.05, 4.69) is 27.7 Å². The Balaban J connectivity index is 2.18. The molecule has 2 aromatic rings. The number of rotatable bonds is 2. The van der Waals surface area contributed by atoms with Gasteiger partial charge in [-0.1, -0.05) is 23.7 Å². The van der Waals surface area contributed by atoms with Crippen LogP contribution in [0.5, 0.6) is 0 Å². The van der Waals surface area contributed by atoms with Crippen LogP contribution < -0.4 is 0 Å². The zero-order valence-corrected chi connectivity index (χ0v) is 10.2. The average molecular weight is 319 g/mol. The van der Waals surface area contributed by atoms with Crippen LogP contribution in [0.4, 0.5) is 0 Å². The lowest BCUT2D eigenvalue weighted by molar-refractivity contribution is 0.681. The van der Waals surface area contributed by atoms with Gasteiger partial charge in [0.15, 0.2) is 0 Å². The van der Waals surface area contributed by atoms with Gasteiger partial charge in [0.2, 0.25) is 0 Å². The molecule has 0 N–H and O–H groups in total. The van der Waals surface area contributed by atoms with E-state index in [-0.39, 0.29) is 0 Å². The molecule has 1 aromatic heterocycles. The van der Waals surface area contributed by atoms with Crippen molar-refractivity contribution in [1.82, 2.24) is 9.78 Å². The summed E-state index contributed by atoms with van der Waals surface area (Å²) in [6, 6.07) is 9.80. The van der Waals surface area contributed by atoms with Gasteiger partial charge in [-0.15, -0.1) is 0 Å². The normalized spacial score (nSPS) is 10.4. The van der Waals surface area contributed by atoms with Gasteiger partial charge in [0.25, 0.3) is 0 Å². The predicted molar refractivity (Wildman–Crippen MR) is 65.5 cm³/mol. The molecule has 0 saturated heterocycles. The van der Waals surface area contributed by atoms with Crippen molar-refractivity contribution in [3.05, 3.63) is 50.8 Å². The Morgan fingerprint density at radius 1 is 1.36 bits per heavy atom. The van der Waals surface area contributed by atoms with Gasteiger partial charge in [0, 0.05) is 11.2 Å². The first-order valence-electron chi connectivity index (χ1n) is 4.17. The Kier molecular flexibility index (Phi) is 3.08. The molecule has 0 unspecified atom stereocenters. The standard InChI is InChI=1S/C10H8ClIN2/c11-9-3-1-2-8(6-9)7-14-5-4-10(12)13-14/h1-6H,7H2. The van der Waals surface area contributed by atoms with Gasteiger partial charge in [0.05, 0.1) is 6.54 Å². The second-order valence-electron chi connectivity index (χ2n) is 2.97. The van der Waals surface area contributed by atoms with E-state index in [1.54, 1.807) is 0 Å². The van der Waals surface area contributed by atoms with Crippen molar-refractivity contribution in [2.75, 3.05) is 0 Å². The molecular weight excluding hydrogens is 310 g/mol. The third kappa shape index (κ3) is 2.48. The van der Waals surface area contributed by atoms with Crippen molar-refractivity contribution in [3.63, 3.8) is 0 Å².